The molecule has 0 radical (unpaired) electrons. The molecule has 3 nitrogen and oxygen atoms in total. The van der Waals surface area contributed by atoms with Crippen LogP contribution in [0, 0.1) is 0 Å². The Bertz CT molecular complexity index is 584. The lowest BCUT2D eigenvalue weighted by Gasteiger charge is -2.27. The number of hydrogen-bond acceptors (Lipinski definition) is 2. The number of nitrogens with one attached hydrogen (secondary N) is 1. The van der Waals surface area contributed by atoms with Crippen molar-refractivity contribution in [2.24, 2.45) is 0 Å². The summed E-state index contributed by atoms with van der Waals surface area (Å²) in [5.41, 5.74) is 2.10. The maximum absolute atomic E-state index is 4.86. The summed E-state index contributed by atoms with van der Waals surface area (Å²) in [5, 5.41) is 3.51. The number of hydrogen-bond donors (Lipinski definition) is 1. The van der Waals surface area contributed by atoms with Gasteiger partial charge >= 0.3 is 0 Å². The summed E-state index contributed by atoms with van der Waals surface area (Å²) in [6.45, 7) is 11.8. The van der Waals surface area contributed by atoms with Crippen molar-refractivity contribution in [1.29, 1.82) is 0 Å². The second-order valence-corrected chi connectivity index (χ2v) is 6.60. The van der Waals surface area contributed by atoms with Crippen LogP contribution in [0.5, 0.6) is 0 Å². The highest BCUT2D eigenvalue weighted by molar-refractivity contribution is 9.10. The van der Waals surface area contributed by atoms with Gasteiger partial charge in [-0.1, -0.05) is 22.9 Å². The van der Waals surface area contributed by atoms with Crippen LogP contribution in [0.2, 0.25) is 0 Å². The van der Waals surface area contributed by atoms with E-state index < -0.39 is 0 Å². The van der Waals surface area contributed by atoms with Crippen LogP contribution in [-0.4, -0.2) is 16.1 Å². The first-order chi connectivity index (χ1) is 8.86. The fourth-order valence-corrected chi connectivity index (χ4v) is 2.91. The van der Waals surface area contributed by atoms with E-state index in [9.17, 15) is 0 Å². The number of rotatable bonds is 4. The van der Waals surface area contributed by atoms with Crippen LogP contribution >= 0.6 is 15.9 Å². The molecule has 0 fully saturated rings. The highest BCUT2D eigenvalue weighted by Gasteiger charge is 2.27. The maximum Gasteiger partial charge on any atom is 0.129 e. The van der Waals surface area contributed by atoms with Crippen LogP contribution in [-0.2, 0) is 5.54 Å². The Balaban J connectivity index is 2.69. The molecule has 19 heavy (non-hydrogen) atoms. The van der Waals surface area contributed by atoms with Gasteiger partial charge in [0.2, 0.25) is 0 Å². The first-order valence-corrected chi connectivity index (χ1v) is 7.59. The first-order valence-electron chi connectivity index (χ1n) is 6.80. The van der Waals surface area contributed by atoms with E-state index in [4.69, 9.17) is 4.98 Å². The van der Waals surface area contributed by atoms with Gasteiger partial charge in [-0.15, -0.1) is 0 Å². The standard InChI is InChI=1S/C15H22BrN3/c1-6-17-15(4,5)14-18-12-9-11(16)7-8-13(12)19(14)10(2)3/h7-10,17H,6H2,1-5H3. The Hall–Kier alpha value is -0.870. The molecule has 0 spiro atoms. The van der Waals surface area contributed by atoms with Crippen molar-refractivity contribution in [3.05, 3.63) is 28.5 Å². The Labute approximate surface area is 123 Å². The molecule has 0 aliphatic rings. The summed E-state index contributed by atoms with van der Waals surface area (Å²) in [6, 6.07) is 6.68. The van der Waals surface area contributed by atoms with E-state index in [-0.39, 0.29) is 5.54 Å². The van der Waals surface area contributed by atoms with Crippen molar-refractivity contribution in [2.75, 3.05) is 6.54 Å². The lowest BCUT2D eigenvalue weighted by Crippen LogP contribution is -2.39. The van der Waals surface area contributed by atoms with Gasteiger partial charge in [0.1, 0.15) is 5.82 Å². The van der Waals surface area contributed by atoms with E-state index in [1.165, 1.54) is 5.52 Å². The summed E-state index contributed by atoms with van der Waals surface area (Å²) < 4.78 is 3.39. The molecule has 0 aliphatic heterocycles. The molecule has 0 unspecified atom stereocenters. The molecule has 2 aromatic rings. The zero-order valence-corrected chi connectivity index (χ0v) is 13.9. The average molecular weight is 324 g/mol. The molecule has 2 rings (SSSR count). The number of aromatic nitrogens is 2. The molecule has 1 N–H and O–H groups in total. The lowest BCUT2D eigenvalue weighted by molar-refractivity contribution is 0.367. The smallest absolute Gasteiger partial charge is 0.129 e. The van der Waals surface area contributed by atoms with E-state index in [0.29, 0.717) is 6.04 Å². The Morgan fingerprint density at radius 1 is 1.37 bits per heavy atom. The van der Waals surface area contributed by atoms with Crippen LogP contribution in [0.3, 0.4) is 0 Å². The number of imidazole rings is 1. The fraction of sp³-hybridized carbons (Fsp3) is 0.533. The van der Waals surface area contributed by atoms with E-state index in [1.54, 1.807) is 0 Å². The molecular weight excluding hydrogens is 302 g/mol. The van der Waals surface area contributed by atoms with E-state index in [0.717, 1.165) is 22.4 Å². The second-order valence-electron chi connectivity index (χ2n) is 5.69. The van der Waals surface area contributed by atoms with Crippen LogP contribution in [0.1, 0.15) is 46.5 Å². The second kappa shape index (κ2) is 5.25. The van der Waals surface area contributed by atoms with Gasteiger partial charge in [0.05, 0.1) is 16.6 Å². The highest BCUT2D eigenvalue weighted by Crippen LogP contribution is 2.29. The molecule has 0 saturated heterocycles. The van der Waals surface area contributed by atoms with Gasteiger partial charge in [-0.2, -0.15) is 0 Å². The largest absolute Gasteiger partial charge is 0.324 e. The summed E-state index contributed by atoms with van der Waals surface area (Å²) in [5.74, 6) is 1.09. The van der Waals surface area contributed by atoms with Gasteiger partial charge in [-0.05, 0) is 52.4 Å². The van der Waals surface area contributed by atoms with E-state index >= 15 is 0 Å². The minimum Gasteiger partial charge on any atom is -0.324 e. The molecule has 1 aromatic carbocycles. The van der Waals surface area contributed by atoms with Crippen LogP contribution in [0.25, 0.3) is 11.0 Å². The zero-order chi connectivity index (χ0) is 14.2. The molecule has 4 heteroatoms. The predicted octanol–water partition coefficient (Wildman–Crippen LogP) is 4.22. The van der Waals surface area contributed by atoms with Gasteiger partial charge in [-0.25, -0.2) is 4.98 Å². The van der Waals surface area contributed by atoms with Gasteiger partial charge in [0.15, 0.2) is 0 Å². The van der Waals surface area contributed by atoms with Crippen LogP contribution in [0.15, 0.2) is 22.7 Å². The van der Waals surface area contributed by atoms with Crippen molar-refractivity contribution in [1.82, 2.24) is 14.9 Å². The van der Waals surface area contributed by atoms with Crippen molar-refractivity contribution in [2.45, 2.75) is 46.2 Å². The van der Waals surface area contributed by atoms with Crippen molar-refractivity contribution >= 4 is 27.0 Å². The average Bonchev–Trinajstić information content (AvgIpc) is 2.67. The number of benzene rings is 1. The Morgan fingerprint density at radius 3 is 2.63 bits per heavy atom. The molecule has 0 atom stereocenters. The summed E-state index contributed by atoms with van der Waals surface area (Å²) in [6.07, 6.45) is 0. The Kier molecular flexibility index (Phi) is 4.02. The zero-order valence-electron chi connectivity index (χ0n) is 12.3. The monoisotopic (exact) mass is 323 g/mol. The molecule has 0 bridgehead atoms. The number of fused-ring (bicyclic) bond motifs is 1. The number of halogens is 1. The van der Waals surface area contributed by atoms with Crippen molar-refractivity contribution < 1.29 is 0 Å². The minimum absolute atomic E-state index is 0.134. The van der Waals surface area contributed by atoms with Crippen molar-refractivity contribution in [3.8, 4) is 0 Å². The molecule has 0 saturated carbocycles. The van der Waals surface area contributed by atoms with E-state index in [2.05, 4.69) is 78.6 Å². The molecule has 1 aromatic heterocycles. The molecule has 104 valence electrons. The molecule has 0 aliphatic carbocycles. The van der Waals surface area contributed by atoms with Gasteiger partial charge in [0, 0.05) is 10.5 Å². The summed E-state index contributed by atoms with van der Waals surface area (Å²) in [4.78, 5) is 4.86. The van der Waals surface area contributed by atoms with E-state index in [1.807, 2.05) is 0 Å². The summed E-state index contributed by atoms with van der Waals surface area (Å²) >= 11 is 3.52. The number of nitrogens with zero attached hydrogens (tertiary/aromatic N) is 2. The minimum atomic E-state index is -0.134. The maximum atomic E-state index is 4.86. The normalized spacial score (nSPS) is 12.6. The first kappa shape index (κ1) is 14.5. The third-order valence-corrected chi connectivity index (χ3v) is 3.84. The highest BCUT2D eigenvalue weighted by atomic mass is 79.9. The molecule has 1 heterocycles. The lowest BCUT2D eigenvalue weighted by atomic mass is 10.0. The molecular formula is C15H22BrN3. The third-order valence-electron chi connectivity index (χ3n) is 3.35. The topological polar surface area (TPSA) is 29.9 Å². The van der Waals surface area contributed by atoms with Gasteiger partial charge in [0.25, 0.3) is 0 Å². The van der Waals surface area contributed by atoms with Crippen LogP contribution in [0.4, 0.5) is 0 Å². The SMILES string of the molecule is CCNC(C)(C)c1nc2cc(Br)ccc2n1C(C)C. The Morgan fingerprint density at radius 2 is 2.05 bits per heavy atom. The molecule has 0 amide bonds. The predicted molar refractivity (Wildman–Crippen MR) is 84.5 cm³/mol. The van der Waals surface area contributed by atoms with Gasteiger partial charge in [-0.3, -0.25) is 0 Å². The summed E-state index contributed by atoms with van der Waals surface area (Å²) in [7, 11) is 0. The fourth-order valence-electron chi connectivity index (χ4n) is 2.56. The van der Waals surface area contributed by atoms with Gasteiger partial charge < -0.3 is 9.88 Å². The van der Waals surface area contributed by atoms with Crippen LogP contribution < -0.4 is 5.32 Å². The quantitative estimate of drug-likeness (QED) is 0.912. The van der Waals surface area contributed by atoms with Crippen molar-refractivity contribution in [3.63, 3.8) is 0 Å². The third kappa shape index (κ3) is 2.70.